The van der Waals surface area contributed by atoms with Crippen LogP contribution in [0.1, 0.15) is 31.1 Å². The smallest absolute Gasteiger partial charge is 0.388 e. The van der Waals surface area contributed by atoms with Crippen LogP contribution in [-0.4, -0.2) is 30.1 Å². The van der Waals surface area contributed by atoms with Crippen LogP contribution >= 0.6 is 7.60 Å². The zero-order valence-corrected chi connectivity index (χ0v) is 13.1. The summed E-state index contributed by atoms with van der Waals surface area (Å²) in [4.78, 5) is 10.6. The van der Waals surface area contributed by atoms with Crippen LogP contribution in [0.15, 0.2) is 18.2 Å². The van der Waals surface area contributed by atoms with Crippen molar-refractivity contribution in [2.24, 2.45) is 5.73 Å². The number of ether oxygens (including phenoxy) is 1. The van der Waals surface area contributed by atoms with Crippen molar-refractivity contribution < 1.29 is 28.3 Å². The Hall–Kier alpha value is -1.40. The van der Waals surface area contributed by atoms with Gasteiger partial charge in [0.05, 0.1) is 13.2 Å². The largest absolute Gasteiger partial charge is 0.504 e. The number of carbonyl (C=O) groups is 1. The van der Waals surface area contributed by atoms with E-state index in [2.05, 4.69) is 0 Å². The van der Waals surface area contributed by atoms with Crippen LogP contribution in [0.5, 0.6) is 11.5 Å². The molecule has 0 spiro atoms. The van der Waals surface area contributed by atoms with Gasteiger partial charge < -0.3 is 18.9 Å². The number of hydrogen-bond donors (Lipinski definition) is 2. The van der Waals surface area contributed by atoms with Crippen LogP contribution in [0.2, 0.25) is 0 Å². The van der Waals surface area contributed by atoms with Crippen LogP contribution in [0.4, 0.5) is 0 Å². The summed E-state index contributed by atoms with van der Waals surface area (Å²) in [5.41, 5.74) is 4.40. The molecule has 7 nitrogen and oxygen atoms in total. The van der Waals surface area contributed by atoms with E-state index in [0.717, 1.165) is 0 Å². The minimum atomic E-state index is -3.75. The van der Waals surface area contributed by atoms with Gasteiger partial charge in [-0.25, -0.2) is 0 Å². The maximum absolute atomic E-state index is 12.6. The predicted molar refractivity (Wildman–Crippen MR) is 77.6 cm³/mol. The minimum Gasteiger partial charge on any atom is -0.504 e. The van der Waals surface area contributed by atoms with Gasteiger partial charge >= 0.3 is 7.60 Å². The molecule has 118 valence electrons. The molecule has 0 bridgehead atoms. The van der Waals surface area contributed by atoms with Crippen molar-refractivity contribution in [3.05, 3.63) is 23.8 Å². The Morgan fingerprint density at radius 3 is 2.33 bits per heavy atom. The third-order valence-corrected chi connectivity index (χ3v) is 4.95. The third-order valence-electron chi connectivity index (χ3n) is 2.58. The SMILES string of the molecule is CCOP(=O)(OCC)[C@@](C)(N)Oc1ccc(C=O)cc1O. The number of nitrogens with two attached hydrogens (primary N) is 1. The van der Waals surface area contributed by atoms with Crippen LogP contribution in [0.25, 0.3) is 0 Å². The molecule has 0 saturated carbocycles. The van der Waals surface area contributed by atoms with Crippen molar-refractivity contribution in [2.75, 3.05) is 13.2 Å². The molecule has 0 fully saturated rings. The van der Waals surface area contributed by atoms with Gasteiger partial charge in [-0.1, -0.05) is 0 Å². The standard InChI is InChI=1S/C13H20NO6P/c1-4-18-21(17,19-5-2)13(3,14)20-12-7-6-10(9-15)8-11(12)16/h6-9,16H,4-5,14H2,1-3H3/t13-/m0/s1. The van der Waals surface area contributed by atoms with Crippen molar-refractivity contribution in [1.82, 2.24) is 0 Å². The fourth-order valence-corrected chi connectivity index (χ4v) is 3.08. The molecular formula is C13H20NO6P. The summed E-state index contributed by atoms with van der Waals surface area (Å²) in [6.07, 6.45) is 0.580. The van der Waals surface area contributed by atoms with Gasteiger partial charge in [0.15, 0.2) is 11.5 Å². The fourth-order valence-electron chi connectivity index (χ4n) is 1.61. The Balaban J connectivity index is 3.07. The molecule has 8 heteroatoms. The summed E-state index contributed by atoms with van der Waals surface area (Å²) in [6, 6.07) is 4.00. The molecule has 0 aromatic heterocycles. The van der Waals surface area contributed by atoms with E-state index in [-0.39, 0.29) is 30.3 Å². The number of carbonyl (C=O) groups excluding carboxylic acids is 1. The number of benzene rings is 1. The molecular weight excluding hydrogens is 297 g/mol. The number of hydrogen-bond acceptors (Lipinski definition) is 7. The summed E-state index contributed by atoms with van der Waals surface area (Å²) in [6.45, 7) is 4.90. The first-order chi connectivity index (χ1) is 9.79. The lowest BCUT2D eigenvalue weighted by molar-refractivity contribution is 0.103. The molecule has 1 aromatic rings. The summed E-state index contributed by atoms with van der Waals surface area (Å²) in [7, 11) is -3.75. The zero-order valence-electron chi connectivity index (χ0n) is 12.2. The molecule has 1 rings (SSSR count). The van der Waals surface area contributed by atoms with Gasteiger partial charge in [-0.3, -0.25) is 15.1 Å². The van der Waals surface area contributed by atoms with Crippen LogP contribution in [-0.2, 0) is 13.6 Å². The van der Waals surface area contributed by atoms with E-state index in [1.165, 1.54) is 25.1 Å². The topological polar surface area (TPSA) is 108 Å². The van der Waals surface area contributed by atoms with Gasteiger partial charge in [0.25, 0.3) is 5.47 Å². The van der Waals surface area contributed by atoms with Crippen LogP contribution < -0.4 is 10.5 Å². The van der Waals surface area contributed by atoms with E-state index < -0.39 is 13.1 Å². The van der Waals surface area contributed by atoms with Crippen molar-refractivity contribution >= 4 is 13.9 Å². The molecule has 21 heavy (non-hydrogen) atoms. The Morgan fingerprint density at radius 2 is 1.90 bits per heavy atom. The van der Waals surface area contributed by atoms with E-state index >= 15 is 0 Å². The van der Waals surface area contributed by atoms with Gasteiger partial charge in [0.2, 0.25) is 0 Å². The highest BCUT2D eigenvalue weighted by Gasteiger charge is 2.47. The van der Waals surface area contributed by atoms with Crippen LogP contribution in [0, 0.1) is 0 Å². The zero-order chi connectivity index (χ0) is 16.1. The van der Waals surface area contributed by atoms with Gasteiger partial charge in [-0.15, -0.1) is 0 Å². The Labute approximate surface area is 123 Å². The second-order valence-electron chi connectivity index (χ2n) is 4.33. The van der Waals surface area contributed by atoms with Gasteiger partial charge in [0.1, 0.15) is 6.29 Å². The highest BCUT2D eigenvalue weighted by atomic mass is 31.2. The Kier molecular flexibility index (Phi) is 5.92. The van der Waals surface area contributed by atoms with Gasteiger partial charge in [-0.2, -0.15) is 0 Å². The summed E-state index contributed by atoms with van der Waals surface area (Å²) in [5, 5.41) is 9.80. The third kappa shape index (κ3) is 4.04. The highest BCUT2D eigenvalue weighted by molar-refractivity contribution is 7.55. The number of phenols is 1. The van der Waals surface area contributed by atoms with E-state index in [0.29, 0.717) is 6.29 Å². The Morgan fingerprint density at radius 1 is 1.33 bits per heavy atom. The number of aromatic hydroxyl groups is 1. The van der Waals surface area contributed by atoms with Gasteiger partial charge in [0, 0.05) is 12.5 Å². The first-order valence-electron chi connectivity index (χ1n) is 6.45. The Bertz CT molecular complexity index is 535. The maximum Gasteiger partial charge on any atom is 0.388 e. The summed E-state index contributed by atoms with van der Waals surface area (Å²) >= 11 is 0. The lowest BCUT2D eigenvalue weighted by atomic mass is 10.2. The molecule has 0 heterocycles. The second-order valence-corrected chi connectivity index (χ2v) is 6.73. The van der Waals surface area contributed by atoms with E-state index in [9.17, 15) is 14.5 Å². The molecule has 0 aliphatic rings. The van der Waals surface area contributed by atoms with Crippen molar-refractivity contribution in [1.29, 1.82) is 0 Å². The average Bonchev–Trinajstić information content (AvgIpc) is 2.41. The number of aldehydes is 1. The molecule has 0 unspecified atom stereocenters. The van der Waals surface area contributed by atoms with E-state index in [1.807, 2.05) is 0 Å². The fraction of sp³-hybridized carbons (Fsp3) is 0.462. The maximum atomic E-state index is 12.6. The van der Waals surface area contributed by atoms with E-state index in [4.69, 9.17) is 19.5 Å². The monoisotopic (exact) mass is 317 g/mol. The van der Waals surface area contributed by atoms with Crippen molar-refractivity contribution in [3.8, 4) is 11.5 Å². The minimum absolute atomic E-state index is 0.0229. The second kappa shape index (κ2) is 7.04. The lowest BCUT2D eigenvalue weighted by Gasteiger charge is -2.32. The molecule has 1 atom stereocenters. The summed E-state index contributed by atoms with van der Waals surface area (Å²) in [5.74, 6) is -0.318. The predicted octanol–water partition coefficient (Wildman–Crippen LogP) is 2.48. The molecule has 0 saturated heterocycles. The van der Waals surface area contributed by atoms with Crippen LogP contribution in [0.3, 0.4) is 0 Å². The molecule has 0 aliphatic carbocycles. The lowest BCUT2D eigenvalue weighted by Crippen LogP contribution is -2.43. The number of rotatable bonds is 8. The van der Waals surface area contributed by atoms with Gasteiger partial charge in [-0.05, 0) is 32.0 Å². The molecule has 3 N–H and O–H groups in total. The quantitative estimate of drug-likeness (QED) is 0.431. The summed E-state index contributed by atoms with van der Waals surface area (Å²) < 4.78 is 28.3. The average molecular weight is 317 g/mol. The van der Waals surface area contributed by atoms with Crippen molar-refractivity contribution in [2.45, 2.75) is 26.2 Å². The normalized spacial score (nSPS) is 14.5. The van der Waals surface area contributed by atoms with Crippen molar-refractivity contribution in [3.63, 3.8) is 0 Å². The highest BCUT2D eigenvalue weighted by Crippen LogP contribution is 2.58. The molecule has 0 aliphatic heterocycles. The molecule has 0 radical (unpaired) electrons. The first kappa shape index (κ1) is 17.7. The first-order valence-corrected chi connectivity index (χ1v) is 7.99. The number of phenolic OH excluding ortho intramolecular Hbond substituents is 1. The van der Waals surface area contributed by atoms with E-state index in [1.54, 1.807) is 13.8 Å². The molecule has 0 amide bonds. The molecule has 1 aromatic carbocycles.